The Balaban J connectivity index is 2.19. The highest BCUT2D eigenvalue weighted by molar-refractivity contribution is 7.98. The average Bonchev–Trinajstić information content (AvgIpc) is 2.94. The molecule has 0 aliphatic rings. The van der Waals surface area contributed by atoms with Crippen molar-refractivity contribution in [3.63, 3.8) is 0 Å². The molecule has 0 spiro atoms. The molecule has 0 saturated carbocycles. The topological polar surface area (TPSA) is 171 Å². The fraction of sp³-hybridized carbons (Fsp3) is 0.448. The highest BCUT2D eigenvalue weighted by Gasteiger charge is 2.32. The third kappa shape index (κ3) is 10.5. The number of phenols is 1. The van der Waals surface area contributed by atoms with E-state index in [-0.39, 0.29) is 24.5 Å². The van der Waals surface area contributed by atoms with E-state index in [2.05, 4.69) is 16.0 Å². The number of carbonyl (C=O) groups is 4. The molecule has 0 bridgehead atoms. The normalized spacial score (nSPS) is 14.7. The number of amides is 3. The molecular formula is C29H40N4O6S. The van der Waals surface area contributed by atoms with Crippen molar-refractivity contribution in [2.75, 3.05) is 12.0 Å². The second kappa shape index (κ2) is 16.5. The van der Waals surface area contributed by atoms with Gasteiger partial charge >= 0.3 is 5.97 Å². The lowest BCUT2D eigenvalue weighted by Crippen LogP contribution is -2.58. The number of aromatic hydroxyl groups is 1. The Bertz CT molecular complexity index is 1120. The number of rotatable bonds is 16. The first-order chi connectivity index (χ1) is 19.0. The number of carboxylic acid groups (broad SMARTS) is 1. The maximum Gasteiger partial charge on any atom is 0.326 e. The zero-order valence-electron chi connectivity index (χ0n) is 23.1. The molecule has 0 heterocycles. The van der Waals surface area contributed by atoms with Crippen LogP contribution in [0.5, 0.6) is 5.75 Å². The number of hydrogen-bond donors (Lipinski definition) is 6. The van der Waals surface area contributed by atoms with Crippen LogP contribution in [-0.2, 0) is 32.0 Å². The van der Waals surface area contributed by atoms with Gasteiger partial charge in [-0.1, -0.05) is 62.7 Å². The van der Waals surface area contributed by atoms with Gasteiger partial charge in [0, 0.05) is 6.42 Å². The van der Waals surface area contributed by atoms with Crippen LogP contribution in [0.25, 0.3) is 0 Å². The van der Waals surface area contributed by atoms with E-state index in [0.717, 1.165) is 11.1 Å². The lowest BCUT2D eigenvalue weighted by molar-refractivity contribution is -0.143. The van der Waals surface area contributed by atoms with E-state index >= 15 is 0 Å². The predicted molar refractivity (Wildman–Crippen MR) is 156 cm³/mol. The van der Waals surface area contributed by atoms with Crippen LogP contribution in [0.15, 0.2) is 54.6 Å². The van der Waals surface area contributed by atoms with Gasteiger partial charge in [0.05, 0.1) is 6.04 Å². The molecule has 5 atom stereocenters. The number of hydrogen-bond acceptors (Lipinski definition) is 7. The molecule has 0 aliphatic heterocycles. The monoisotopic (exact) mass is 572 g/mol. The summed E-state index contributed by atoms with van der Waals surface area (Å²) in [5, 5.41) is 27.2. The Morgan fingerprint density at radius 1 is 0.850 bits per heavy atom. The molecule has 0 aromatic heterocycles. The van der Waals surface area contributed by atoms with Gasteiger partial charge in [0.1, 0.15) is 23.9 Å². The van der Waals surface area contributed by atoms with Crippen molar-refractivity contribution in [1.82, 2.24) is 16.0 Å². The third-order valence-electron chi connectivity index (χ3n) is 6.66. The van der Waals surface area contributed by atoms with Crippen molar-refractivity contribution >= 4 is 35.5 Å². The number of thioether (sulfide) groups is 1. The minimum atomic E-state index is -1.15. The van der Waals surface area contributed by atoms with E-state index in [1.54, 1.807) is 19.1 Å². The second-order valence-electron chi connectivity index (χ2n) is 9.78. The minimum absolute atomic E-state index is 0.100. The van der Waals surface area contributed by atoms with Gasteiger partial charge in [-0.15, -0.1) is 0 Å². The van der Waals surface area contributed by atoms with Crippen LogP contribution in [0.4, 0.5) is 0 Å². The maximum atomic E-state index is 13.4. The predicted octanol–water partition coefficient (Wildman–Crippen LogP) is 1.84. The van der Waals surface area contributed by atoms with Gasteiger partial charge in [0.25, 0.3) is 0 Å². The summed E-state index contributed by atoms with van der Waals surface area (Å²) in [5.41, 5.74) is 7.64. The molecule has 0 saturated heterocycles. The molecule has 2 rings (SSSR count). The van der Waals surface area contributed by atoms with Crippen LogP contribution < -0.4 is 21.7 Å². The summed E-state index contributed by atoms with van der Waals surface area (Å²) in [5.74, 6) is -2.52. The summed E-state index contributed by atoms with van der Waals surface area (Å²) in [6.07, 6.45) is 3.05. The SMILES string of the molecule is CCC(C)C(NC(=O)C(Cc1ccccc1)NC(=O)C(CCSC)NC(=O)C(N)Cc1ccc(O)cc1)C(=O)O. The van der Waals surface area contributed by atoms with E-state index in [9.17, 15) is 29.4 Å². The van der Waals surface area contributed by atoms with Gasteiger partial charge in [-0.3, -0.25) is 14.4 Å². The van der Waals surface area contributed by atoms with E-state index in [0.29, 0.717) is 18.6 Å². The molecule has 0 fully saturated rings. The van der Waals surface area contributed by atoms with Crippen LogP contribution in [0.1, 0.15) is 37.8 Å². The van der Waals surface area contributed by atoms with Crippen molar-refractivity contribution in [3.8, 4) is 5.75 Å². The summed E-state index contributed by atoms with van der Waals surface area (Å²) < 4.78 is 0. The van der Waals surface area contributed by atoms with Crippen molar-refractivity contribution < 1.29 is 29.4 Å². The lowest BCUT2D eigenvalue weighted by Gasteiger charge is -2.26. The van der Waals surface area contributed by atoms with E-state index in [1.165, 1.54) is 23.9 Å². The Hall–Kier alpha value is -3.57. The van der Waals surface area contributed by atoms with E-state index < -0.39 is 47.9 Å². The molecule has 5 unspecified atom stereocenters. The molecular weight excluding hydrogens is 532 g/mol. The van der Waals surface area contributed by atoms with Gasteiger partial charge in [-0.25, -0.2) is 4.79 Å². The number of nitrogens with one attached hydrogen (secondary N) is 3. The van der Waals surface area contributed by atoms with Crippen molar-refractivity contribution in [2.45, 2.75) is 63.7 Å². The fourth-order valence-corrected chi connectivity index (χ4v) is 4.50. The first-order valence-corrected chi connectivity index (χ1v) is 14.6. The van der Waals surface area contributed by atoms with Crippen LogP contribution in [0.2, 0.25) is 0 Å². The van der Waals surface area contributed by atoms with Crippen molar-refractivity contribution in [2.24, 2.45) is 11.7 Å². The molecule has 11 heteroatoms. The number of benzene rings is 2. The fourth-order valence-electron chi connectivity index (χ4n) is 4.03. The van der Waals surface area contributed by atoms with Crippen LogP contribution in [0.3, 0.4) is 0 Å². The standard InChI is InChI=1S/C29H40N4O6S/c1-4-18(2)25(29(38)39)33-28(37)24(17-19-8-6-5-7-9-19)32-27(36)23(14-15-40-3)31-26(35)22(30)16-20-10-12-21(34)13-11-20/h5-13,18,22-25,34H,4,14-17,30H2,1-3H3,(H,31,35)(H,32,36)(H,33,37)(H,38,39). The highest BCUT2D eigenvalue weighted by Crippen LogP contribution is 2.13. The van der Waals surface area contributed by atoms with Gasteiger partial charge < -0.3 is 31.9 Å². The molecule has 40 heavy (non-hydrogen) atoms. The minimum Gasteiger partial charge on any atom is -0.508 e. The number of aliphatic carboxylic acids is 1. The largest absolute Gasteiger partial charge is 0.508 e. The Labute approximate surface area is 239 Å². The smallest absolute Gasteiger partial charge is 0.326 e. The average molecular weight is 573 g/mol. The van der Waals surface area contributed by atoms with Crippen LogP contribution in [-0.4, -0.2) is 70.1 Å². The molecule has 2 aromatic rings. The van der Waals surface area contributed by atoms with Crippen LogP contribution in [0, 0.1) is 5.92 Å². The summed E-state index contributed by atoms with van der Waals surface area (Å²) in [6, 6.07) is 11.3. The Morgan fingerprint density at radius 2 is 1.43 bits per heavy atom. The van der Waals surface area contributed by atoms with Gasteiger partial charge in [-0.2, -0.15) is 11.8 Å². The van der Waals surface area contributed by atoms with Crippen LogP contribution >= 0.6 is 11.8 Å². The highest BCUT2D eigenvalue weighted by atomic mass is 32.2. The van der Waals surface area contributed by atoms with Crippen molar-refractivity contribution in [1.29, 1.82) is 0 Å². The van der Waals surface area contributed by atoms with E-state index in [1.807, 2.05) is 43.5 Å². The summed E-state index contributed by atoms with van der Waals surface area (Å²) in [7, 11) is 0. The second-order valence-corrected chi connectivity index (χ2v) is 10.8. The zero-order valence-corrected chi connectivity index (χ0v) is 23.9. The number of carboxylic acids is 1. The number of phenolic OH excluding ortho intramolecular Hbond substituents is 1. The van der Waals surface area contributed by atoms with E-state index in [4.69, 9.17) is 5.73 Å². The number of carbonyl (C=O) groups excluding carboxylic acids is 3. The third-order valence-corrected chi connectivity index (χ3v) is 7.31. The lowest BCUT2D eigenvalue weighted by atomic mass is 9.98. The van der Waals surface area contributed by atoms with Gasteiger partial charge in [0.15, 0.2) is 0 Å². The summed E-state index contributed by atoms with van der Waals surface area (Å²) in [6.45, 7) is 3.57. The molecule has 10 nitrogen and oxygen atoms in total. The summed E-state index contributed by atoms with van der Waals surface area (Å²) in [4.78, 5) is 51.4. The van der Waals surface area contributed by atoms with Gasteiger partial charge in [-0.05, 0) is 54.0 Å². The molecule has 0 aliphatic carbocycles. The zero-order chi connectivity index (χ0) is 29.7. The maximum absolute atomic E-state index is 13.4. The quantitative estimate of drug-likeness (QED) is 0.177. The molecule has 0 radical (unpaired) electrons. The first-order valence-electron chi connectivity index (χ1n) is 13.3. The van der Waals surface area contributed by atoms with Crippen molar-refractivity contribution in [3.05, 3.63) is 65.7 Å². The molecule has 7 N–H and O–H groups in total. The van der Waals surface area contributed by atoms with Gasteiger partial charge in [0.2, 0.25) is 17.7 Å². The Kier molecular flexibility index (Phi) is 13.5. The summed E-state index contributed by atoms with van der Waals surface area (Å²) >= 11 is 1.50. The number of nitrogens with two attached hydrogens (primary N) is 1. The first kappa shape index (κ1) is 32.6. The molecule has 3 amide bonds. The Morgan fingerprint density at radius 3 is 2.00 bits per heavy atom. The molecule has 218 valence electrons. The molecule has 2 aromatic carbocycles.